The summed E-state index contributed by atoms with van der Waals surface area (Å²) in [5, 5.41) is 3.83. The van der Waals surface area contributed by atoms with Gasteiger partial charge in [-0.1, -0.05) is 29.3 Å². The molecule has 1 saturated heterocycles. The quantitative estimate of drug-likeness (QED) is 0.681. The number of hydrogen-bond acceptors (Lipinski definition) is 4. The number of ether oxygens (including phenoxy) is 1. The van der Waals surface area contributed by atoms with Gasteiger partial charge < -0.3 is 15.0 Å². The number of amides is 1. The molecule has 0 saturated carbocycles. The van der Waals surface area contributed by atoms with Crippen molar-refractivity contribution in [3.8, 4) is 5.88 Å². The van der Waals surface area contributed by atoms with Crippen molar-refractivity contribution in [2.45, 2.75) is 18.5 Å². The van der Waals surface area contributed by atoms with E-state index < -0.39 is 5.67 Å². The Labute approximate surface area is 173 Å². The van der Waals surface area contributed by atoms with Crippen LogP contribution in [0, 0.1) is 0 Å². The third kappa shape index (κ3) is 5.56. The number of rotatable bonds is 7. The maximum atomic E-state index is 15.0. The Morgan fingerprint density at radius 2 is 2.00 bits per heavy atom. The zero-order valence-corrected chi connectivity index (χ0v) is 16.8. The van der Waals surface area contributed by atoms with Crippen LogP contribution in [-0.2, 0) is 0 Å². The summed E-state index contributed by atoms with van der Waals surface area (Å²) in [6.45, 7) is 1.89. The van der Waals surface area contributed by atoms with Crippen LogP contribution in [0.5, 0.6) is 5.88 Å². The number of piperidine rings is 1. The summed E-state index contributed by atoms with van der Waals surface area (Å²) in [5.74, 6) is 0.394. The highest BCUT2D eigenvalue weighted by Crippen LogP contribution is 2.28. The zero-order chi connectivity index (χ0) is 20.0. The van der Waals surface area contributed by atoms with Gasteiger partial charge in [0.2, 0.25) is 5.88 Å². The first kappa shape index (κ1) is 20.8. The highest BCUT2D eigenvalue weighted by molar-refractivity contribution is 6.42. The van der Waals surface area contributed by atoms with E-state index in [1.54, 1.807) is 35.4 Å². The molecule has 0 unspecified atom stereocenters. The Bertz CT molecular complexity index is 799. The molecule has 0 aliphatic carbocycles. The lowest BCUT2D eigenvalue weighted by atomic mass is 9.93. The van der Waals surface area contributed by atoms with Gasteiger partial charge in [0, 0.05) is 56.8 Å². The third-order valence-corrected chi connectivity index (χ3v) is 5.46. The monoisotopic (exact) mass is 425 g/mol. The molecular formula is C20H22Cl2FN3O2. The summed E-state index contributed by atoms with van der Waals surface area (Å²) in [6, 6.07) is 10.2. The zero-order valence-electron chi connectivity index (χ0n) is 15.3. The molecule has 1 aliphatic heterocycles. The standard InChI is InChI=1S/C20H22Cl2FN3O2/c21-16-5-4-15(13-17(16)22)19(27)26-10-6-20(23,7-11-26)14-24-9-12-28-18-3-1-2-8-25-18/h1-5,8,13,24H,6-7,9-12,14H2. The summed E-state index contributed by atoms with van der Waals surface area (Å²) < 4.78 is 20.5. The van der Waals surface area contributed by atoms with Crippen molar-refractivity contribution in [2.75, 3.05) is 32.8 Å². The molecular weight excluding hydrogens is 404 g/mol. The number of carbonyl (C=O) groups is 1. The summed E-state index contributed by atoms with van der Waals surface area (Å²) in [6.07, 6.45) is 2.23. The van der Waals surface area contributed by atoms with Crippen molar-refractivity contribution in [3.63, 3.8) is 0 Å². The molecule has 0 radical (unpaired) electrons. The third-order valence-electron chi connectivity index (χ3n) is 4.72. The van der Waals surface area contributed by atoms with Crippen LogP contribution in [-0.4, -0.2) is 54.2 Å². The topological polar surface area (TPSA) is 54.5 Å². The Morgan fingerprint density at radius 1 is 1.21 bits per heavy atom. The minimum Gasteiger partial charge on any atom is -0.476 e. The second-order valence-corrected chi connectivity index (χ2v) is 7.58. The Morgan fingerprint density at radius 3 is 2.68 bits per heavy atom. The molecule has 1 aliphatic rings. The molecule has 8 heteroatoms. The summed E-state index contributed by atoms with van der Waals surface area (Å²) in [5.41, 5.74) is -0.870. The molecule has 1 amide bonds. The first-order valence-electron chi connectivity index (χ1n) is 9.15. The molecule has 0 bridgehead atoms. The van der Waals surface area contributed by atoms with Crippen molar-refractivity contribution in [3.05, 3.63) is 58.2 Å². The van der Waals surface area contributed by atoms with Gasteiger partial charge in [0.05, 0.1) is 10.0 Å². The molecule has 1 aromatic heterocycles. The van der Waals surface area contributed by atoms with E-state index in [4.69, 9.17) is 27.9 Å². The highest BCUT2D eigenvalue weighted by atomic mass is 35.5. The lowest BCUT2D eigenvalue weighted by Crippen LogP contribution is -2.49. The van der Waals surface area contributed by atoms with Crippen LogP contribution in [0.1, 0.15) is 23.2 Å². The fraction of sp³-hybridized carbons (Fsp3) is 0.400. The van der Waals surface area contributed by atoms with E-state index in [1.165, 1.54) is 0 Å². The number of halogens is 3. The fourth-order valence-corrected chi connectivity index (χ4v) is 3.37. The van der Waals surface area contributed by atoms with Crippen LogP contribution < -0.4 is 10.1 Å². The van der Waals surface area contributed by atoms with Crippen molar-refractivity contribution in [1.82, 2.24) is 15.2 Å². The average molecular weight is 426 g/mol. The molecule has 150 valence electrons. The largest absolute Gasteiger partial charge is 0.476 e. The smallest absolute Gasteiger partial charge is 0.253 e. The molecule has 1 fully saturated rings. The number of alkyl halides is 1. The van der Waals surface area contributed by atoms with Crippen LogP contribution in [0.15, 0.2) is 42.6 Å². The van der Waals surface area contributed by atoms with Gasteiger partial charge in [0.1, 0.15) is 12.3 Å². The predicted octanol–water partition coefficient (Wildman–Crippen LogP) is 4.00. The number of aromatic nitrogens is 1. The molecule has 0 spiro atoms. The van der Waals surface area contributed by atoms with Gasteiger partial charge in [0.25, 0.3) is 5.91 Å². The van der Waals surface area contributed by atoms with Crippen molar-refractivity contribution in [1.29, 1.82) is 0 Å². The van der Waals surface area contributed by atoms with E-state index in [2.05, 4.69) is 10.3 Å². The maximum absolute atomic E-state index is 15.0. The number of pyridine rings is 1. The number of likely N-dealkylation sites (tertiary alicyclic amines) is 1. The SMILES string of the molecule is O=C(c1ccc(Cl)c(Cl)c1)N1CCC(F)(CNCCOc2ccccn2)CC1. The number of nitrogens with one attached hydrogen (secondary N) is 1. The second kappa shape index (κ2) is 9.54. The van der Waals surface area contributed by atoms with Gasteiger partial charge in [-0.2, -0.15) is 0 Å². The lowest BCUT2D eigenvalue weighted by Gasteiger charge is -2.36. The number of benzene rings is 1. The predicted molar refractivity (Wildman–Crippen MR) is 108 cm³/mol. The van der Waals surface area contributed by atoms with E-state index in [9.17, 15) is 9.18 Å². The number of nitrogens with zero attached hydrogens (tertiary/aromatic N) is 2. The van der Waals surface area contributed by atoms with Crippen molar-refractivity contribution >= 4 is 29.1 Å². The molecule has 5 nitrogen and oxygen atoms in total. The molecule has 1 aromatic carbocycles. The van der Waals surface area contributed by atoms with E-state index >= 15 is 0 Å². The molecule has 2 heterocycles. The van der Waals surface area contributed by atoms with Crippen LogP contribution in [0.2, 0.25) is 10.0 Å². The van der Waals surface area contributed by atoms with Crippen LogP contribution >= 0.6 is 23.2 Å². The van der Waals surface area contributed by atoms with Crippen LogP contribution in [0.25, 0.3) is 0 Å². The Balaban J connectivity index is 1.40. The summed E-state index contributed by atoms with van der Waals surface area (Å²) in [7, 11) is 0. The second-order valence-electron chi connectivity index (χ2n) is 6.77. The number of hydrogen-bond donors (Lipinski definition) is 1. The minimum atomic E-state index is -1.33. The van der Waals surface area contributed by atoms with Crippen LogP contribution in [0.4, 0.5) is 4.39 Å². The van der Waals surface area contributed by atoms with Gasteiger partial charge in [0.15, 0.2) is 0 Å². The summed E-state index contributed by atoms with van der Waals surface area (Å²) in [4.78, 5) is 18.3. The van der Waals surface area contributed by atoms with Gasteiger partial charge in [-0.15, -0.1) is 0 Å². The number of carbonyl (C=O) groups excluding carboxylic acids is 1. The fourth-order valence-electron chi connectivity index (χ4n) is 3.07. The Kier molecular flexibility index (Phi) is 7.10. The van der Waals surface area contributed by atoms with E-state index in [1.807, 2.05) is 12.1 Å². The molecule has 2 aromatic rings. The molecule has 0 atom stereocenters. The van der Waals surface area contributed by atoms with E-state index in [0.29, 0.717) is 47.7 Å². The highest BCUT2D eigenvalue weighted by Gasteiger charge is 2.35. The minimum absolute atomic E-state index is 0.155. The molecule has 28 heavy (non-hydrogen) atoms. The summed E-state index contributed by atoms with van der Waals surface area (Å²) >= 11 is 11.9. The van der Waals surface area contributed by atoms with E-state index in [0.717, 1.165) is 0 Å². The lowest BCUT2D eigenvalue weighted by molar-refractivity contribution is 0.0433. The average Bonchev–Trinajstić information content (AvgIpc) is 2.71. The van der Waals surface area contributed by atoms with Gasteiger partial charge in [-0.3, -0.25) is 4.79 Å². The first-order valence-corrected chi connectivity index (χ1v) is 9.90. The van der Waals surface area contributed by atoms with Crippen LogP contribution in [0.3, 0.4) is 0 Å². The Hall–Kier alpha value is -1.89. The first-order chi connectivity index (χ1) is 13.5. The van der Waals surface area contributed by atoms with Gasteiger partial charge >= 0.3 is 0 Å². The molecule has 1 N–H and O–H groups in total. The van der Waals surface area contributed by atoms with Gasteiger partial charge in [-0.05, 0) is 24.3 Å². The van der Waals surface area contributed by atoms with Gasteiger partial charge in [-0.25, -0.2) is 9.37 Å². The maximum Gasteiger partial charge on any atom is 0.253 e. The molecule has 3 rings (SSSR count). The van der Waals surface area contributed by atoms with Crippen molar-refractivity contribution in [2.24, 2.45) is 0 Å². The normalized spacial score (nSPS) is 16.0. The van der Waals surface area contributed by atoms with E-state index in [-0.39, 0.29) is 25.3 Å². The van der Waals surface area contributed by atoms with Crippen molar-refractivity contribution < 1.29 is 13.9 Å².